The maximum atomic E-state index is 7.06. The molecule has 4 aliphatic heterocycles. The number of nitrogens with zero attached hydrogens (tertiary/aromatic N) is 2. The van der Waals surface area contributed by atoms with Crippen LogP contribution in [0.5, 0.6) is 46.0 Å². The van der Waals surface area contributed by atoms with Crippen molar-refractivity contribution in [1.29, 1.82) is 0 Å². The van der Waals surface area contributed by atoms with Crippen molar-refractivity contribution in [2.24, 2.45) is 0 Å². The minimum atomic E-state index is -0.0354. The summed E-state index contributed by atoms with van der Waals surface area (Å²) in [6.07, 6.45) is 3.30. The topological polar surface area (TPSA) is 61.9 Å². The van der Waals surface area contributed by atoms with Crippen LogP contribution in [0.2, 0.25) is 0 Å². The van der Waals surface area contributed by atoms with Gasteiger partial charge < -0.3 is 28.4 Å². The van der Waals surface area contributed by atoms with E-state index in [1.54, 1.807) is 28.4 Å². The maximum absolute atomic E-state index is 7.06. The van der Waals surface area contributed by atoms with E-state index in [1.807, 2.05) is 18.2 Å². The molecule has 0 N–H and O–H groups in total. The van der Waals surface area contributed by atoms with Crippen LogP contribution in [0, 0.1) is 0 Å². The number of ether oxygens (including phenoxy) is 6. The Morgan fingerprint density at radius 1 is 0.681 bits per heavy atom. The van der Waals surface area contributed by atoms with Gasteiger partial charge in [-0.15, -0.1) is 0 Å². The van der Waals surface area contributed by atoms with Crippen molar-refractivity contribution in [2.45, 2.75) is 37.8 Å². The van der Waals surface area contributed by atoms with Crippen molar-refractivity contribution in [3.63, 3.8) is 0 Å². The molecule has 6 bridgehead atoms. The fraction of sp³-hybridized carbons (Fsp3) is 0.368. The van der Waals surface area contributed by atoms with E-state index >= 15 is 0 Å². The lowest BCUT2D eigenvalue weighted by Gasteiger charge is -2.38. The van der Waals surface area contributed by atoms with Gasteiger partial charge in [-0.1, -0.05) is 18.2 Å². The van der Waals surface area contributed by atoms with Crippen molar-refractivity contribution in [3.8, 4) is 46.0 Å². The first kappa shape index (κ1) is 31.7. The Hall–Kier alpha value is -3.92. The quantitative estimate of drug-likeness (QED) is 0.213. The highest BCUT2D eigenvalue weighted by Gasteiger charge is 2.36. The lowest BCUT2D eigenvalue weighted by molar-refractivity contribution is 0.219. The van der Waals surface area contributed by atoms with Gasteiger partial charge in [0.15, 0.2) is 34.5 Å². The number of benzene rings is 4. The maximum Gasteiger partial charge on any atom is 0.205 e. The minimum absolute atomic E-state index is 0.0354. The van der Waals surface area contributed by atoms with Crippen molar-refractivity contribution >= 4 is 15.9 Å². The Balaban J connectivity index is 1.49. The standard InChI is InChI=1S/C38H41BrN2O6/c1-40-15-13-24-20-31(43-4)33-21-27(24)28(40)17-22-7-10-25(11-8-22)46-32-19-23(9-12-30(32)42-3)18-29-34-26(14-16-41(29)2)35(39)37(44-5)38(45-6)36(34)47-33/h7-12,19-21,28-29H,13-18H2,1-6H3. The zero-order chi connectivity index (χ0) is 32.8. The summed E-state index contributed by atoms with van der Waals surface area (Å²) >= 11 is 3.89. The zero-order valence-corrected chi connectivity index (χ0v) is 29.4. The summed E-state index contributed by atoms with van der Waals surface area (Å²) in [6.45, 7) is 1.82. The largest absolute Gasteiger partial charge is 0.493 e. The van der Waals surface area contributed by atoms with E-state index in [0.717, 1.165) is 59.3 Å². The molecule has 0 aromatic heterocycles. The first-order valence-corrected chi connectivity index (χ1v) is 16.8. The van der Waals surface area contributed by atoms with E-state index in [9.17, 15) is 0 Å². The highest BCUT2D eigenvalue weighted by atomic mass is 79.9. The summed E-state index contributed by atoms with van der Waals surface area (Å²) in [7, 11) is 11.1. The molecule has 246 valence electrons. The monoisotopic (exact) mass is 700 g/mol. The van der Waals surface area contributed by atoms with Crippen LogP contribution in [0.3, 0.4) is 0 Å². The molecule has 4 heterocycles. The van der Waals surface area contributed by atoms with Gasteiger partial charge in [0.2, 0.25) is 5.75 Å². The molecule has 4 aromatic rings. The van der Waals surface area contributed by atoms with Gasteiger partial charge in [0.05, 0.1) is 32.9 Å². The highest BCUT2D eigenvalue weighted by molar-refractivity contribution is 9.10. The SMILES string of the molecule is COc1ccc2cc1Oc1ccc(cc1)CC1c3cc(c(OC)cc3CCN1C)Oc1c(OC)c(OC)c(Br)c3c1C(C2)N(C)CC3. The molecule has 0 amide bonds. The van der Waals surface area contributed by atoms with Gasteiger partial charge >= 0.3 is 0 Å². The van der Waals surface area contributed by atoms with Gasteiger partial charge in [0, 0.05) is 30.7 Å². The Morgan fingerprint density at radius 2 is 1.34 bits per heavy atom. The molecule has 2 atom stereocenters. The molecule has 0 spiro atoms. The van der Waals surface area contributed by atoms with Crippen LogP contribution in [0.4, 0.5) is 0 Å². The molecule has 47 heavy (non-hydrogen) atoms. The first-order valence-electron chi connectivity index (χ1n) is 16.0. The molecule has 4 aromatic carbocycles. The number of rotatable bonds is 4. The minimum Gasteiger partial charge on any atom is -0.493 e. The predicted octanol–water partition coefficient (Wildman–Crippen LogP) is 7.92. The molecule has 0 radical (unpaired) electrons. The third kappa shape index (κ3) is 5.68. The van der Waals surface area contributed by atoms with Crippen LogP contribution in [0.25, 0.3) is 0 Å². The average Bonchev–Trinajstić information content (AvgIpc) is 3.08. The second kappa shape index (κ2) is 12.9. The van der Waals surface area contributed by atoms with Crippen LogP contribution in [-0.2, 0) is 25.7 Å². The molecule has 2 unspecified atom stereocenters. The van der Waals surface area contributed by atoms with Crippen LogP contribution in [-0.4, -0.2) is 65.4 Å². The zero-order valence-electron chi connectivity index (χ0n) is 27.8. The molecule has 8 rings (SSSR count). The van der Waals surface area contributed by atoms with Crippen LogP contribution < -0.4 is 28.4 Å². The number of methoxy groups -OCH3 is 4. The number of hydrogen-bond donors (Lipinski definition) is 0. The number of hydrogen-bond acceptors (Lipinski definition) is 8. The third-order valence-corrected chi connectivity index (χ3v) is 10.8. The molecule has 0 saturated heterocycles. The summed E-state index contributed by atoms with van der Waals surface area (Å²) in [6, 6.07) is 19.0. The van der Waals surface area contributed by atoms with Crippen LogP contribution >= 0.6 is 15.9 Å². The van der Waals surface area contributed by atoms with E-state index in [0.29, 0.717) is 46.7 Å². The van der Waals surface area contributed by atoms with Gasteiger partial charge in [-0.2, -0.15) is 0 Å². The van der Waals surface area contributed by atoms with E-state index in [4.69, 9.17) is 28.4 Å². The summed E-state index contributed by atoms with van der Waals surface area (Å²) in [4.78, 5) is 4.80. The summed E-state index contributed by atoms with van der Waals surface area (Å²) in [5.41, 5.74) is 7.05. The van der Waals surface area contributed by atoms with Crippen molar-refractivity contribution in [2.75, 3.05) is 55.6 Å². The molecule has 0 aliphatic carbocycles. The molecule has 9 heteroatoms. The van der Waals surface area contributed by atoms with Crippen LogP contribution in [0.1, 0.15) is 45.5 Å². The second-order valence-corrected chi connectivity index (χ2v) is 13.3. The molecule has 4 aliphatic rings. The number of likely N-dealkylation sites (N-methyl/N-ethyl adjacent to an activating group) is 2. The van der Waals surface area contributed by atoms with Gasteiger partial charge in [-0.05, 0) is 120 Å². The molecule has 0 saturated carbocycles. The molecule has 8 nitrogen and oxygen atoms in total. The van der Waals surface area contributed by atoms with Crippen molar-refractivity contribution < 1.29 is 28.4 Å². The number of fused-ring (bicyclic) bond motifs is 2. The lowest BCUT2D eigenvalue weighted by atomic mass is 9.87. The van der Waals surface area contributed by atoms with E-state index in [1.165, 1.54) is 16.7 Å². The van der Waals surface area contributed by atoms with Crippen LogP contribution in [0.15, 0.2) is 59.1 Å². The average molecular weight is 702 g/mol. The fourth-order valence-electron chi connectivity index (χ4n) is 7.35. The number of halogens is 1. The van der Waals surface area contributed by atoms with E-state index in [2.05, 4.69) is 76.2 Å². The van der Waals surface area contributed by atoms with Crippen molar-refractivity contribution in [3.05, 3.63) is 92.5 Å². The summed E-state index contributed by atoms with van der Waals surface area (Å²) in [5.74, 6) is 5.28. The predicted molar refractivity (Wildman–Crippen MR) is 185 cm³/mol. The van der Waals surface area contributed by atoms with Gasteiger partial charge in [-0.3, -0.25) is 9.80 Å². The van der Waals surface area contributed by atoms with Gasteiger partial charge in [0.25, 0.3) is 0 Å². The smallest absolute Gasteiger partial charge is 0.205 e. The van der Waals surface area contributed by atoms with E-state index in [-0.39, 0.29) is 12.1 Å². The highest BCUT2D eigenvalue weighted by Crippen LogP contribution is 2.55. The van der Waals surface area contributed by atoms with Crippen molar-refractivity contribution in [1.82, 2.24) is 9.80 Å². The summed E-state index contributed by atoms with van der Waals surface area (Å²) in [5, 5.41) is 0. The summed E-state index contributed by atoms with van der Waals surface area (Å²) < 4.78 is 38.2. The second-order valence-electron chi connectivity index (χ2n) is 12.5. The Bertz CT molecular complexity index is 1810. The Kier molecular flexibility index (Phi) is 8.72. The third-order valence-electron chi connectivity index (χ3n) is 9.93. The Morgan fingerprint density at radius 3 is 2.06 bits per heavy atom. The molecular formula is C38H41BrN2O6. The fourth-order valence-corrected chi connectivity index (χ4v) is 8.10. The van der Waals surface area contributed by atoms with Gasteiger partial charge in [0.1, 0.15) is 5.75 Å². The van der Waals surface area contributed by atoms with E-state index < -0.39 is 0 Å². The van der Waals surface area contributed by atoms with Gasteiger partial charge in [-0.25, -0.2) is 0 Å². The normalized spacial score (nSPS) is 19.0. The first-order chi connectivity index (χ1) is 22.8. The lowest BCUT2D eigenvalue weighted by Crippen LogP contribution is -2.34. The Labute approximate surface area is 285 Å². The molecule has 0 fully saturated rings. The molecular weight excluding hydrogens is 660 g/mol.